The van der Waals surface area contributed by atoms with E-state index in [0.717, 1.165) is 6.08 Å². The summed E-state index contributed by atoms with van der Waals surface area (Å²) in [6.45, 7) is 12.6. The van der Waals surface area contributed by atoms with Gasteiger partial charge in [0, 0.05) is 12.5 Å². The van der Waals surface area contributed by atoms with Crippen molar-refractivity contribution in [3.05, 3.63) is 47.1 Å². The van der Waals surface area contributed by atoms with Crippen molar-refractivity contribution in [3.8, 4) is 0 Å². The summed E-state index contributed by atoms with van der Waals surface area (Å²) < 4.78 is 24.0. The van der Waals surface area contributed by atoms with Gasteiger partial charge in [0.2, 0.25) is 0 Å². The largest absolute Gasteiger partial charge is 0.212 e. The first-order valence-electron chi connectivity index (χ1n) is 8.04. The van der Waals surface area contributed by atoms with E-state index in [1.807, 2.05) is 13.8 Å². The first-order valence-corrected chi connectivity index (χ1v) is 8.04. The second-order valence-electron chi connectivity index (χ2n) is 4.95. The predicted molar refractivity (Wildman–Crippen MR) is 91.7 cm³/mol. The van der Waals surface area contributed by atoms with E-state index in [2.05, 4.69) is 39.8 Å². The molecule has 2 aliphatic rings. The molecule has 0 aromatic carbocycles. The number of rotatable bonds is 0. The molecule has 0 spiro atoms. The van der Waals surface area contributed by atoms with Gasteiger partial charge in [-0.1, -0.05) is 57.4 Å². The summed E-state index contributed by atoms with van der Waals surface area (Å²) in [5.41, 5.74) is 3.02. The average Bonchev–Trinajstić information content (AvgIpc) is 2.46. The van der Waals surface area contributed by atoms with Gasteiger partial charge in [-0.05, 0) is 39.2 Å². The Hall–Kier alpha value is -1.18. The lowest BCUT2D eigenvalue weighted by molar-refractivity contribution is 0.559. The maximum atomic E-state index is 12.0. The molecule has 0 nitrogen and oxygen atoms in total. The normalized spacial score (nSPS) is 16.2. The van der Waals surface area contributed by atoms with Gasteiger partial charge in [-0.3, -0.25) is 0 Å². The summed E-state index contributed by atoms with van der Waals surface area (Å²) in [5, 5.41) is 0. The molecule has 0 unspecified atom stereocenters. The van der Waals surface area contributed by atoms with Crippen LogP contribution in [0.15, 0.2) is 47.1 Å². The highest BCUT2D eigenvalue weighted by Gasteiger charge is 2.01. The van der Waals surface area contributed by atoms with E-state index >= 15 is 0 Å². The molecule has 0 saturated heterocycles. The Labute approximate surface area is 130 Å². The Kier molecular flexibility index (Phi) is 16.0. The van der Waals surface area contributed by atoms with Crippen molar-refractivity contribution in [2.45, 2.75) is 73.6 Å². The molecule has 0 fully saturated rings. The Balaban J connectivity index is 0. The highest BCUT2D eigenvalue weighted by molar-refractivity contribution is 5.21. The van der Waals surface area contributed by atoms with E-state index in [1.165, 1.54) is 36.5 Å². The molecule has 122 valence electrons. The van der Waals surface area contributed by atoms with Crippen LogP contribution in [0.5, 0.6) is 0 Å². The third-order valence-electron chi connectivity index (χ3n) is 2.58. The molecule has 0 aromatic rings. The van der Waals surface area contributed by atoms with E-state index in [9.17, 15) is 8.78 Å². The number of hydrogen-bond acceptors (Lipinski definition) is 0. The second kappa shape index (κ2) is 15.2. The summed E-state index contributed by atoms with van der Waals surface area (Å²) in [4.78, 5) is 0. The highest BCUT2D eigenvalue weighted by Crippen LogP contribution is 2.18. The first kappa shape index (κ1) is 22.1. The lowest BCUT2D eigenvalue weighted by Crippen LogP contribution is -1.85. The van der Waals surface area contributed by atoms with Crippen LogP contribution in [0.3, 0.4) is 0 Å². The molecule has 0 heterocycles. The maximum Gasteiger partial charge on any atom is 0.121 e. The second-order valence-corrected chi connectivity index (χ2v) is 4.95. The fraction of sp³-hybridized carbons (Fsp3) is 0.579. The van der Waals surface area contributed by atoms with E-state index in [4.69, 9.17) is 0 Å². The average molecular weight is 298 g/mol. The molecule has 0 aliphatic heterocycles. The van der Waals surface area contributed by atoms with Gasteiger partial charge in [-0.2, -0.15) is 0 Å². The minimum absolute atomic E-state index is 0.355. The van der Waals surface area contributed by atoms with Gasteiger partial charge in [0.15, 0.2) is 0 Å². The first-order chi connectivity index (χ1) is 9.99. The Bertz CT molecular complexity index is 353. The van der Waals surface area contributed by atoms with Crippen LogP contribution in [-0.4, -0.2) is 0 Å². The van der Waals surface area contributed by atoms with Crippen molar-refractivity contribution in [2.75, 3.05) is 0 Å². The summed E-state index contributed by atoms with van der Waals surface area (Å²) in [7, 11) is 0. The Morgan fingerprint density at radius 1 is 0.905 bits per heavy atom. The smallest absolute Gasteiger partial charge is 0.121 e. The number of halogens is 2. The quantitative estimate of drug-likeness (QED) is 0.432. The topological polar surface area (TPSA) is 0 Å². The predicted octanol–water partition coefficient (Wildman–Crippen LogP) is 7.60. The minimum atomic E-state index is -0.450. The van der Waals surface area contributed by atoms with E-state index in [0.29, 0.717) is 12.8 Å². The molecule has 2 aliphatic carbocycles. The lowest BCUT2D eigenvalue weighted by atomic mass is 10.0. The molecule has 0 saturated carbocycles. The Morgan fingerprint density at radius 3 is 1.57 bits per heavy atom. The third kappa shape index (κ3) is 15.0. The lowest BCUT2D eigenvalue weighted by Gasteiger charge is -2.05. The van der Waals surface area contributed by atoms with Crippen LogP contribution in [0.2, 0.25) is 0 Å². The Morgan fingerprint density at radius 2 is 1.33 bits per heavy atom. The minimum Gasteiger partial charge on any atom is -0.212 e. The number of allylic oxidation sites excluding steroid dienone is 8. The van der Waals surface area contributed by atoms with Crippen LogP contribution in [0, 0.1) is 0 Å². The van der Waals surface area contributed by atoms with Crippen molar-refractivity contribution in [2.24, 2.45) is 0 Å². The van der Waals surface area contributed by atoms with Gasteiger partial charge in [-0.15, -0.1) is 0 Å². The van der Waals surface area contributed by atoms with Crippen LogP contribution in [0.4, 0.5) is 8.78 Å². The molecule has 0 atom stereocenters. The SMILES string of the molecule is CC.CC1=CC=C(C)CC1.CCC.FC1=CCCC(F)=C1. The summed E-state index contributed by atoms with van der Waals surface area (Å²) >= 11 is 0. The van der Waals surface area contributed by atoms with Crippen molar-refractivity contribution in [3.63, 3.8) is 0 Å². The van der Waals surface area contributed by atoms with Crippen LogP contribution in [0.1, 0.15) is 73.6 Å². The molecule has 2 heteroatoms. The fourth-order valence-electron chi connectivity index (χ4n) is 1.47. The van der Waals surface area contributed by atoms with Crippen LogP contribution < -0.4 is 0 Å². The molecule has 0 N–H and O–H groups in total. The van der Waals surface area contributed by atoms with E-state index in [1.54, 1.807) is 0 Å². The maximum absolute atomic E-state index is 12.0. The van der Waals surface area contributed by atoms with E-state index < -0.39 is 5.83 Å². The molecule has 0 aromatic heterocycles. The molecular formula is C19H32F2. The van der Waals surface area contributed by atoms with Crippen molar-refractivity contribution in [1.82, 2.24) is 0 Å². The zero-order valence-corrected chi connectivity index (χ0v) is 14.6. The number of hydrogen-bond donors (Lipinski definition) is 0. The van der Waals surface area contributed by atoms with Crippen LogP contribution >= 0.6 is 0 Å². The van der Waals surface area contributed by atoms with Crippen molar-refractivity contribution in [1.29, 1.82) is 0 Å². The van der Waals surface area contributed by atoms with Crippen molar-refractivity contribution >= 4 is 0 Å². The van der Waals surface area contributed by atoms with Gasteiger partial charge in [-0.25, -0.2) is 8.78 Å². The monoisotopic (exact) mass is 298 g/mol. The van der Waals surface area contributed by atoms with Gasteiger partial charge in [0.1, 0.15) is 11.7 Å². The van der Waals surface area contributed by atoms with Gasteiger partial charge in [0.25, 0.3) is 0 Å². The zero-order chi connectivity index (χ0) is 16.7. The van der Waals surface area contributed by atoms with Crippen LogP contribution in [0.25, 0.3) is 0 Å². The zero-order valence-electron chi connectivity index (χ0n) is 14.6. The molecule has 21 heavy (non-hydrogen) atoms. The molecule has 0 radical (unpaired) electrons. The standard InChI is InChI=1S/C8H12.C6H6F2.C3H8.C2H6/c1-7-3-5-8(2)6-4-7;7-5-2-1-3-6(8)4-5;1-3-2;1-2/h3,5H,4,6H2,1-2H3;2,4H,1,3H2;3H2,1-2H3;1-2H3. The third-order valence-corrected chi connectivity index (χ3v) is 2.58. The van der Waals surface area contributed by atoms with Gasteiger partial charge >= 0.3 is 0 Å². The molecule has 0 amide bonds. The summed E-state index contributed by atoms with van der Waals surface area (Å²) in [5.74, 6) is -0.807. The fourth-order valence-corrected chi connectivity index (χ4v) is 1.47. The summed E-state index contributed by atoms with van der Waals surface area (Å²) in [6, 6.07) is 0. The van der Waals surface area contributed by atoms with E-state index in [-0.39, 0.29) is 5.83 Å². The van der Waals surface area contributed by atoms with Gasteiger partial charge < -0.3 is 0 Å². The highest BCUT2D eigenvalue weighted by atomic mass is 19.1. The summed E-state index contributed by atoms with van der Waals surface area (Å²) in [6.07, 6.45) is 11.3. The van der Waals surface area contributed by atoms with Crippen LogP contribution in [-0.2, 0) is 0 Å². The van der Waals surface area contributed by atoms with Gasteiger partial charge in [0.05, 0.1) is 0 Å². The molecular weight excluding hydrogens is 266 g/mol. The molecule has 2 rings (SSSR count). The molecule has 0 bridgehead atoms. The van der Waals surface area contributed by atoms with Crippen molar-refractivity contribution < 1.29 is 8.78 Å².